The van der Waals surface area contributed by atoms with Gasteiger partial charge >= 0.3 is 6.09 Å². The number of ether oxygens (including phenoxy) is 1. The van der Waals surface area contributed by atoms with Crippen LogP contribution in [0.2, 0.25) is 0 Å². The van der Waals surface area contributed by atoms with Gasteiger partial charge in [0.1, 0.15) is 0 Å². The number of terminal acetylenes is 1. The molecule has 0 aromatic rings. The van der Waals surface area contributed by atoms with Crippen molar-refractivity contribution in [3.05, 3.63) is 0 Å². The highest BCUT2D eigenvalue weighted by Gasteiger charge is 2.04. The van der Waals surface area contributed by atoms with E-state index in [1.807, 2.05) is 0 Å². The van der Waals surface area contributed by atoms with E-state index in [0.717, 1.165) is 0 Å². The molecule has 68 valence electrons. The van der Waals surface area contributed by atoms with E-state index in [-0.39, 0.29) is 13.2 Å². The van der Waals surface area contributed by atoms with Crippen LogP contribution in [-0.2, 0) is 4.74 Å². The SMILES string of the molecule is C#CCOC(=O)NC[C@H](O)CO. The molecule has 5 heteroatoms. The van der Waals surface area contributed by atoms with Gasteiger partial charge in [0.2, 0.25) is 0 Å². The molecule has 0 fully saturated rings. The maximum atomic E-state index is 10.6. The lowest BCUT2D eigenvalue weighted by atomic mass is 10.4. The fourth-order valence-electron chi connectivity index (χ4n) is 0.424. The first kappa shape index (κ1) is 10.8. The van der Waals surface area contributed by atoms with Crippen LogP contribution in [-0.4, -0.2) is 42.2 Å². The Morgan fingerprint density at radius 2 is 2.42 bits per heavy atom. The fourth-order valence-corrected chi connectivity index (χ4v) is 0.424. The standard InChI is InChI=1S/C7H11NO4/c1-2-3-12-7(11)8-4-6(10)5-9/h1,6,9-10H,3-5H2,(H,8,11)/t6-/m0/s1. The lowest BCUT2D eigenvalue weighted by Gasteiger charge is -2.07. The van der Waals surface area contributed by atoms with Gasteiger partial charge in [-0.1, -0.05) is 5.92 Å². The van der Waals surface area contributed by atoms with Crippen molar-refractivity contribution in [1.82, 2.24) is 5.32 Å². The number of aliphatic hydroxyl groups excluding tert-OH is 2. The Balaban J connectivity index is 3.38. The van der Waals surface area contributed by atoms with Gasteiger partial charge in [-0.15, -0.1) is 6.42 Å². The molecule has 0 spiro atoms. The lowest BCUT2D eigenvalue weighted by Crippen LogP contribution is -2.34. The van der Waals surface area contributed by atoms with Crippen LogP contribution in [0.15, 0.2) is 0 Å². The zero-order chi connectivity index (χ0) is 9.40. The van der Waals surface area contributed by atoms with E-state index in [9.17, 15) is 4.79 Å². The van der Waals surface area contributed by atoms with Crippen LogP contribution < -0.4 is 5.32 Å². The number of hydrogen-bond donors (Lipinski definition) is 3. The second-order valence-corrected chi connectivity index (χ2v) is 2.00. The van der Waals surface area contributed by atoms with Crippen LogP contribution in [0.4, 0.5) is 4.79 Å². The highest BCUT2D eigenvalue weighted by molar-refractivity contribution is 5.67. The Morgan fingerprint density at radius 3 is 2.92 bits per heavy atom. The zero-order valence-electron chi connectivity index (χ0n) is 6.49. The van der Waals surface area contributed by atoms with Crippen molar-refractivity contribution in [1.29, 1.82) is 0 Å². The molecule has 1 atom stereocenters. The van der Waals surface area contributed by atoms with E-state index < -0.39 is 18.8 Å². The molecule has 0 aliphatic carbocycles. The van der Waals surface area contributed by atoms with Crippen molar-refractivity contribution < 1.29 is 19.7 Å². The van der Waals surface area contributed by atoms with E-state index >= 15 is 0 Å². The third-order valence-electron chi connectivity index (χ3n) is 0.979. The van der Waals surface area contributed by atoms with Crippen molar-refractivity contribution in [2.45, 2.75) is 6.10 Å². The molecule has 0 aliphatic rings. The largest absolute Gasteiger partial charge is 0.436 e. The van der Waals surface area contributed by atoms with Crippen molar-refractivity contribution >= 4 is 6.09 Å². The number of rotatable bonds is 4. The van der Waals surface area contributed by atoms with Crippen molar-refractivity contribution in [2.75, 3.05) is 19.8 Å². The number of carbonyl (C=O) groups is 1. The molecule has 1 amide bonds. The maximum Gasteiger partial charge on any atom is 0.408 e. The van der Waals surface area contributed by atoms with Crippen LogP contribution >= 0.6 is 0 Å². The van der Waals surface area contributed by atoms with Crippen molar-refractivity contribution in [3.8, 4) is 12.3 Å². The van der Waals surface area contributed by atoms with Crippen molar-refractivity contribution in [2.24, 2.45) is 0 Å². The molecule has 0 aromatic carbocycles. The molecule has 0 unspecified atom stereocenters. The average Bonchev–Trinajstić information content (AvgIpc) is 2.10. The van der Waals surface area contributed by atoms with E-state index in [2.05, 4.69) is 16.0 Å². The summed E-state index contributed by atoms with van der Waals surface area (Å²) in [6, 6.07) is 0. The van der Waals surface area contributed by atoms with Crippen molar-refractivity contribution in [3.63, 3.8) is 0 Å². The summed E-state index contributed by atoms with van der Waals surface area (Å²) in [6.07, 6.45) is 3.14. The average molecular weight is 173 g/mol. The van der Waals surface area contributed by atoms with E-state index in [0.29, 0.717) is 0 Å². The van der Waals surface area contributed by atoms with E-state index in [1.165, 1.54) is 0 Å². The topological polar surface area (TPSA) is 78.8 Å². The number of nitrogens with one attached hydrogen (secondary N) is 1. The Kier molecular flexibility index (Phi) is 5.79. The molecular formula is C7H11NO4. The number of amides is 1. The minimum atomic E-state index is -0.969. The van der Waals surface area contributed by atoms with Crippen LogP contribution in [0.1, 0.15) is 0 Å². The second kappa shape index (κ2) is 6.46. The summed E-state index contributed by atoms with van der Waals surface area (Å²) in [6.45, 7) is -0.573. The highest BCUT2D eigenvalue weighted by atomic mass is 16.5. The third-order valence-corrected chi connectivity index (χ3v) is 0.979. The summed E-state index contributed by atoms with van der Waals surface area (Å²) in [5.41, 5.74) is 0. The van der Waals surface area contributed by atoms with Gasteiger partial charge in [-0.05, 0) is 0 Å². The normalized spacial score (nSPS) is 11.4. The minimum absolute atomic E-state index is 0.0557. The molecule has 0 heterocycles. The molecule has 5 nitrogen and oxygen atoms in total. The van der Waals surface area contributed by atoms with Gasteiger partial charge in [0.15, 0.2) is 6.61 Å². The minimum Gasteiger partial charge on any atom is -0.436 e. The van der Waals surface area contributed by atoms with Gasteiger partial charge in [0, 0.05) is 6.54 Å². The molecule has 0 saturated heterocycles. The van der Waals surface area contributed by atoms with E-state index in [4.69, 9.17) is 16.6 Å². The Bertz CT molecular complexity index is 175. The van der Waals surface area contributed by atoms with Crippen LogP contribution in [0.25, 0.3) is 0 Å². The predicted octanol–water partition coefficient (Wildman–Crippen LogP) is -1.30. The summed E-state index contributed by atoms with van der Waals surface area (Å²) < 4.78 is 4.41. The summed E-state index contributed by atoms with van der Waals surface area (Å²) in [4.78, 5) is 10.6. The van der Waals surface area contributed by atoms with Crippen LogP contribution in [0, 0.1) is 12.3 Å². The summed E-state index contributed by atoms with van der Waals surface area (Å²) in [5, 5.41) is 19.3. The fraction of sp³-hybridized carbons (Fsp3) is 0.571. The smallest absolute Gasteiger partial charge is 0.408 e. The monoisotopic (exact) mass is 173 g/mol. The Labute approximate surface area is 70.3 Å². The lowest BCUT2D eigenvalue weighted by molar-refractivity contribution is 0.0903. The number of carbonyl (C=O) groups excluding carboxylic acids is 1. The quantitative estimate of drug-likeness (QED) is 0.462. The molecule has 0 aliphatic heterocycles. The van der Waals surface area contributed by atoms with Gasteiger partial charge in [-0.2, -0.15) is 0 Å². The second-order valence-electron chi connectivity index (χ2n) is 2.00. The Morgan fingerprint density at radius 1 is 1.75 bits per heavy atom. The predicted molar refractivity (Wildman–Crippen MR) is 41.3 cm³/mol. The van der Waals surface area contributed by atoms with Gasteiger partial charge in [-0.25, -0.2) is 4.79 Å². The number of aliphatic hydroxyl groups is 2. The molecule has 0 rings (SSSR count). The number of alkyl carbamates (subject to hydrolysis) is 1. The molecule has 0 radical (unpaired) electrons. The maximum absolute atomic E-state index is 10.6. The van der Waals surface area contributed by atoms with Crippen LogP contribution in [0.5, 0.6) is 0 Å². The van der Waals surface area contributed by atoms with E-state index in [1.54, 1.807) is 0 Å². The zero-order valence-corrected chi connectivity index (χ0v) is 6.49. The first-order chi connectivity index (χ1) is 5.70. The molecule has 3 N–H and O–H groups in total. The summed E-state index contributed by atoms with van der Waals surface area (Å²) in [5.74, 6) is 2.11. The molecule has 12 heavy (non-hydrogen) atoms. The number of hydrogen-bond acceptors (Lipinski definition) is 4. The molecular weight excluding hydrogens is 162 g/mol. The third kappa shape index (κ3) is 5.53. The van der Waals surface area contributed by atoms with Gasteiger partial charge in [0.25, 0.3) is 0 Å². The van der Waals surface area contributed by atoms with Crippen LogP contribution in [0.3, 0.4) is 0 Å². The van der Waals surface area contributed by atoms with Gasteiger partial charge in [-0.3, -0.25) is 0 Å². The molecule has 0 aromatic heterocycles. The first-order valence-corrected chi connectivity index (χ1v) is 3.33. The molecule has 0 saturated carbocycles. The first-order valence-electron chi connectivity index (χ1n) is 3.33. The summed E-state index contributed by atoms with van der Waals surface area (Å²) in [7, 11) is 0. The summed E-state index contributed by atoms with van der Waals surface area (Å²) >= 11 is 0. The van der Waals surface area contributed by atoms with Gasteiger partial charge in [0.05, 0.1) is 12.7 Å². The van der Waals surface area contributed by atoms with Gasteiger partial charge < -0.3 is 20.3 Å². The highest BCUT2D eigenvalue weighted by Crippen LogP contribution is 1.79. The Hall–Kier alpha value is -1.25. The molecule has 0 bridgehead atoms.